The molecule has 3 aromatic rings. The van der Waals surface area contributed by atoms with Gasteiger partial charge in [-0.3, -0.25) is 9.20 Å². The van der Waals surface area contributed by atoms with Crippen LogP contribution in [0.2, 0.25) is 0 Å². The molecule has 3 heteroatoms. The van der Waals surface area contributed by atoms with E-state index in [1.54, 1.807) is 16.5 Å². The third kappa shape index (κ3) is 1.56. The minimum absolute atomic E-state index is 0.0152. The molecule has 84 valence electrons. The zero-order chi connectivity index (χ0) is 11.8. The number of pyridine rings is 1. The molecule has 0 radical (unpaired) electrons. The summed E-state index contributed by atoms with van der Waals surface area (Å²) in [4.78, 5) is 14.9. The van der Waals surface area contributed by atoms with E-state index in [0.717, 1.165) is 16.9 Å². The fraction of sp³-hybridized carbons (Fsp3) is 0.0714. The molecule has 0 atom stereocenters. The fourth-order valence-corrected chi connectivity index (χ4v) is 2.05. The van der Waals surface area contributed by atoms with Gasteiger partial charge >= 0.3 is 0 Å². The van der Waals surface area contributed by atoms with E-state index >= 15 is 0 Å². The van der Waals surface area contributed by atoms with E-state index in [2.05, 4.69) is 18.0 Å². The van der Waals surface area contributed by atoms with Crippen molar-refractivity contribution in [3.8, 4) is 11.3 Å². The molecular weight excluding hydrogens is 212 g/mol. The van der Waals surface area contributed by atoms with Gasteiger partial charge in [-0.15, -0.1) is 0 Å². The van der Waals surface area contributed by atoms with Crippen molar-refractivity contribution in [2.45, 2.75) is 6.92 Å². The molecular formula is C14H12N2O. The van der Waals surface area contributed by atoms with Crippen molar-refractivity contribution in [1.82, 2.24) is 9.38 Å². The smallest absolute Gasteiger partial charge is 0.256 e. The number of aryl methyl sites for hydroxylation is 1. The number of nitrogens with zero attached hydrogens (tertiary/aromatic N) is 1. The molecule has 0 aliphatic carbocycles. The zero-order valence-electron chi connectivity index (χ0n) is 9.47. The van der Waals surface area contributed by atoms with E-state index in [0.29, 0.717) is 0 Å². The molecule has 0 fully saturated rings. The maximum absolute atomic E-state index is 11.7. The van der Waals surface area contributed by atoms with E-state index in [-0.39, 0.29) is 5.56 Å². The molecule has 0 saturated heterocycles. The van der Waals surface area contributed by atoms with Crippen molar-refractivity contribution in [2.24, 2.45) is 0 Å². The van der Waals surface area contributed by atoms with Gasteiger partial charge in [-0.1, -0.05) is 30.3 Å². The van der Waals surface area contributed by atoms with E-state index < -0.39 is 0 Å². The summed E-state index contributed by atoms with van der Waals surface area (Å²) in [7, 11) is 0. The predicted octanol–water partition coefficient (Wildman–Crippen LogP) is 2.60. The second-order valence-electron chi connectivity index (χ2n) is 4.10. The molecule has 0 aliphatic rings. The number of imidazole rings is 1. The first-order valence-electron chi connectivity index (χ1n) is 5.52. The van der Waals surface area contributed by atoms with Crippen molar-refractivity contribution in [3.05, 3.63) is 64.6 Å². The number of H-pyrrole nitrogens is 1. The van der Waals surface area contributed by atoms with Crippen LogP contribution in [-0.2, 0) is 0 Å². The van der Waals surface area contributed by atoms with E-state index in [1.807, 2.05) is 30.5 Å². The summed E-state index contributed by atoms with van der Waals surface area (Å²) in [6.07, 6.45) is 1.85. The van der Waals surface area contributed by atoms with Crippen LogP contribution < -0.4 is 5.56 Å². The van der Waals surface area contributed by atoms with Crippen molar-refractivity contribution < 1.29 is 0 Å². The number of hydrogen-bond donors (Lipinski definition) is 1. The van der Waals surface area contributed by atoms with Crippen LogP contribution in [0.4, 0.5) is 0 Å². The predicted molar refractivity (Wildman–Crippen MR) is 68.2 cm³/mol. The first kappa shape index (κ1) is 9.90. The quantitative estimate of drug-likeness (QED) is 0.677. The van der Waals surface area contributed by atoms with Gasteiger partial charge in [0.05, 0.1) is 5.69 Å². The number of hydrogen-bond acceptors (Lipinski definition) is 1. The Morgan fingerprint density at radius 1 is 1.06 bits per heavy atom. The molecule has 0 amide bonds. The molecule has 2 aromatic heterocycles. The van der Waals surface area contributed by atoms with E-state index in [9.17, 15) is 4.79 Å². The average molecular weight is 224 g/mol. The van der Waals surface area contributed by atoms with Gasteiger partial charge in [-0.25, -0.2) is 0 Å². The van der Waals surface area contributed by atoms with Gasteiger partial charge in [0.25, 0.3) is 5.56 Å². The maximum Gasteiger partial charge on any atom is 0.256 e. The largest absolute Gasteiger partial charge is 0.340 e. The summed E-state index contributed by atoms with van der Waals surface area (Å²) in [5.74, 6) is 0. The minimum atomic E-state index is -0.0152. The van der Waals surface area contributed by atoms with Crippen LogP contribution >= 0.6 is 0 Å². The fourth-order valence-electron chi connectivity index (χ4n) is 2.05. The Bertz CT molecular complexity index is 737. The topological polar surface area (TPSA) is 37.3 Å². The lowest BCUT2D eigenvalue weighted by molar-refractivity contribution is 1.11. The first-order chi connectivity index (χ1) is 8.25. The van der Waals surface area contributed by atoms with Crippen LogP contribution in [0, 0.1) is 6.92 Å². The Labute approximate surface area is 98.4 Å². The van der Waals surface area contributed by atoms with Gasteiger partial charge in [0, 0.05) is 17.8 Å². The third-order valence-corrected chi connectivity index (χ3v) is 2.95. The Morgan fingerprint density at radius 3 is 2.65 bits per heavy atom. The summed E-state index contributed by atoms with van der Waals surface area (Å²) in [6.45, 7) is 2.06. The molecule has 0 bridgehead atoms. The molecule has 1 aromatic carbocycles. The van der Waals surface area contributed by atoms with Gasteiger partial charge in [-0.2, -0.15) is 0 Å². The highest BCUT2D eigenvalue weighted by Crippen LogP contribution is 2.21. The summed E-state index contributed by atoms with van der Waals surface area (Å²) in [5.41, 5.74) is 4.07. The summed E-state index contributed by atoms with van der Waals surface area (Å²) in [6, 6.07) is 13.3. The summed E-state index contributed by atoms with van der Waals surface area (Å²) >= 11 is 0. The van der Waals surface area contributed by atoms with Gasteiger partial charge in [-0.05, 0) is 18.6 Å². The van der Waals surface area contributed by atoms with Crippen LogP contribution in [0.3, 0.4) is 0 Å². The highest BCUT2D eigenvalue weighted by molar-refractivity contribution is 5.65. The highest BCUT2D eigenvalue weighted by Gasteiger charge is 2.05. The molecule has 1 N–H and O–H groups in total. The number of aromatic nitrogens is 2. The van der Waals surface area contributed by atoms with Crippen LogP contribution in [-0.4, -0.2) is 9.38 Å². The molecule has 3 rings (SSSR count). The molecule has 3 nitrogen and oxygen atoms in total. The number of benzene rings is 1. The standard InChI is InChI=1S/C14H12N2O/c1-10-5-2-3-6-11(10)12-9-16-13(15-12)7-4-8-14(16)17/h2-9,15H,1H3. The minimum Gasteiger partial charge on any atom is -0.340 e. The zero-order valence-corrected chi connectivity index (χ0v) is 9.47. The monoisotopic (exact) mass is 224 g/mol. The van der Waals surface area contributed by atoms with Gasteiger partial charge < -0.3 is 4.98 Å². The van der Waals surface area contributed by atoms with Crippen LogP contribution in [0.15, 0.2) is 53.5 Å². The SMILES string of the molecule is Cc1ccccc1-c1cn2c(=O)cccc2[nH]1. The number of rotatable bonds is 1. The normalized spacial score (nSPS) is 10.9. The molecule has 0 unspecified atom stereocenters. The first-order valence-corrected chi connectivity index (χ1v) is 5.52. The molecule has 0 spiro atoms. The maximum atomic E-state index is 11.7. The van der Waals surface area contributed by atoms with Crippen molar-refractivity contribution in [3.63, 3.8) is 0 Å². The number of nitrogens with one attached hydrogen (secondary N) is 1. The number of fused-ring (bicyclic) bond motifs is 1. The molecule has 2 heterocycles. The molecule has 0 saturated carbocycles. The average Bonchev–Trinajstić information content (AvgIpc) is 2.75. The number of aromatic amines is 1. The van der Waals surface area contributed by atoms with Crippen molar-refractivity contribution in [1.29, 1.82) is 0 Å². The van der Waals surface area contributed by atoms with E-state index in [1.165, 1.54) is 5.56 Å². The van der Waals surface area contributed by atoms with Crippen LogP contribution in [0.25, 0.3) is 16.9 Å². The molecule has 17 heavy (non-hydrogen) atoms. The summed E-state index contributed by atoms with van der Waals surface area (Å²) < 4.78 is 1.63. The Morgan fingerprint density at radius 2 is 1.88 bits per heavy atom. The van der Waals surface area contributed by atoms with Crippen LogP contribution in [0.1, 0.15) is 5.56 Å². The Kier molecular flexibility index (Phi) is 2.11. The van der Waals surface area contributed by atoms with Gasteiger partial charge in [0.1, 0.15) is 5.65 Å². The van der Waals surface area contributed by atoms with Crippen molar-refractivity contribution >= 4 is 5.65 Å². The second-order valence-corrected chi connectivity index (χ2v) is 4.10. The lowest BCUT2D eigenvalue weighted by Gasteiger charge is -2.00. The Hall–Kier alpha value is -2.29. The van der Waals surface area contributed by atoms with Gasteiger partial charge in [0.2, 0.25) is 0 Å². The Balaban J connectivity index is 2.30. The lowest BCUT2D eigenvalue weighted by Crippen LogP contribution is -2.08. The van der Waals surface area contributed by atoms with Gasteiger partial charge in [0.15, 0.2) is 0 Å². The third-order valence-electron chi connectivity index (χ3n) is 2.95. The van der Waals surface area contributed by atoms with E-state index in [4.69, 9.17) is 0 Å². The highest BCUT2D eigenvalue weighted by atomic mass is 16.1. The molecule has 0 aliphatic heterocycles. The van der Waals surface area contributed by atoms with Crippen LogP contribution in [0.5, 0.6) is 0 Å². The second kappa shape index (κ2) is 3.63. The summed E-state index contributed by atoms with van der Waals surface area (Å²) in [5, 5.41) is 0. The van der Waals surface area contributed by atoms with Crippen molar-refractivity contribution in [2.75, 3.05) is 0 Å². The lowest BCUT2D eigenvalue weighted by atomic mass is 10.1.